The van der Waals surface area contributed by atoms with Crippen molar-refractivity contribution in [3.05, 3.63) is 29.8 Å². The van der Waals surface area contributed by atoms with Crippen LogP contribution in [0, 0.1) is 0 Å². The minimum absolute atomic E-state index is 0.0300. The summed E-state index contributed by atoms with van der Waals surface area (Å²) in [6, 6.07) is 1.64. The van der Waals surface area contributed by atoms with E-state index in [1.165, 1.54) is 24.0 Å². The van der Waals surface area contributed by atoms with E-state index in [1.54, 1.807) is 12.3 Å². The van der Waals surface area contributed by atoms with Gasteiger partial charge in [0.05, 0.1) is 19.3 Å². The maximum Gasteiger partial charge on any atom is 0.255 e. The first-order valence-electron chi connectivity index (χ1n) is 6.77. The highest BCUT2D eigenvalue weighted by atomic mass is 35.5. The molecule has 0 aromatic carbocycles. The lowest BCUT2D eigenvalue weighted by molar-refractivity contribution is 0.163. The highest BCUT2D eigenvalue weighted by Crippen LogP contribution is 2.33. The molecule has 8 nitrogen and oxygen atoms in total. The molecule has 11 heteroatoms. The van der Waals surface area contributed by atoms with E-state index in [2.05, 4.69) is 30.7 Å². The zero-order valence-corrected chi connectivity index (χ0v) is 13.1. The van der Waals surface area contributed by atoms with Gasteiger partial charge in [0, 0.05) is 18.6 Å². The van der Waals surface area contributed by atoms with E-state index < -0.39 is 13.0 Å². The Hall–Kier alpha value is -2.75. The lowest BCUT2D eigenvalue weighted by Crippen LogP contribution is -2.15. The smallest absolute Gasteiger partial charge is 0.255 e. The van der Waals surface area contributed by atoms with Gasteiger partial charge >= 0.3 is 0 Å². The van der Waals surface area contributed by atoms with Gasteiger partial charge in [-0.2, -0.15) is 4.98 Å². The Morgan fingerprint density at radius 1 is 1.33 bits per heavy atom. The van der Waals surface area contributed by atoms with E-state index in [0.29, 0.717) is 22.9 Å². The second kappa shape index (κ2) is 6.79. The highest BCUT2D eigenvalue weighted by molar-refractivity contribution is 6.31. The molecule has 3 aromatic rings. The van der Waals surface area contributed by atoms with Gasteiger partial charge in [0.2, 0.25) is 5.95 Å². The molecule has 0 fully saturated rings. The zero-order chi connectivity index (χ0) is 17.1. The SMILES string of the molecule is COc1c(Nc2nc(NCC(F)F)nn3ccnc23)ccnc1Cl. The summed E-state index contributed by atoms with van der Waals surface area (Å²) in [5.74, 6) is 0.652. The molecule has 24 heavy (non-hydrogen) atoms. The molecule has 0 bridgehead atoms. The molecule has 2 N–H and O–H groups in total. The van der Waals surface area contributed by atoms with Crippen LogP contribution in [0.5, 0.6) is 5.75 Å². The predicted molar refractivity (Wildman–Crippen MR) is 84.4 cm³/mol. The van der Waals surface area contributed by atoms with E-state index in [9.17, 15) is 8.78 Å². The monoisotopic (exact) mass is 355 g/mol. The Bertz CT molecular complexity index is 857. The average Bonchev–Trinajstić information content (AvgIpc) is 3.02. The number of fused-ring (bicyclic) bond motifs is 1. The third-order valence-corrected chi connectivity index (χ3v) is 3.26. The summed E-state index contributed by atoms with van der Waals surface area (Å²) >= 11 is 5.98. The van der Waals surface area contributed by atoms with Crippen LogP contribution in [0.1, 0.15) is 0 Å². The van der Waals surface area contributed by atoms with Crippen LogP contribution in [-0.2, 0) is 0 Å². The van der Waals surface area contributed by atoms with E-state index in [4.69, 9.17) is 16.3 Å². The zero-order valence-electron chi connectivity index (χ0n) is 12.4. The molecular formula is C13H12ClF2N7O. The molecule has 0 aliphatic carbocycles. The van der Waals surface area contributed by atoms with Crippen LogP contribution in [0.4, 0.5) is 26.2 Å². The van der Waals surface area contributed by atoms with Crippen LogP contribution in [0.15, 0.2) is 24.7 Å². The van der Waals surface area contributed by atoms with E-state index in [0.717, 1.165) is 0 Å². The van der Waals surface area contributed by atoms with Crippen molar-refractivity contribution in [2.24, 2.45) is 0 Å². The maximum absolute atomic E-state index is 12.4. The fraction of sp³-hybridized carbons (Fsp3) is 0.231. The van der Waals surface area contributed by atoms with Crippen LogP contribution in [-0.4, -0.2) is 44.6 Å². The first-order chi connectivity index (χ1) is 11.6. The fourth-order valence-corrected chi connectivity index (χ4v) is 2.23. The molecule has 3 heterocycles. The molecule has 0 atom stereocenters. The third kappa shape index (κ3) is 3.27. The van der Waals surface area contributed by atoms with Crippen LogP contribution in [0.3, 0.4) is 0 Å². The Balaban J connectivity index is 1.99. The molecule has 0 aliphatic heterocycles. The number of nitrogens with one attached hydrogen (secondary N) is 2. The molecule has 3 rings (SSSR count). The second-order valence-corrected chi connectivity index (χ2v) is 4.92. The maximum atomic E-state index is 12.4. The van der Waals surface area contributed by atoms with Gasteiger partial charge < -0.3 is 15.4 Å². The predicted octanol–water partition coefficient (Wildman–Crippen LogP) is 2.60. The molecule has 0 amide bonds. The lowest BCUT2D eigenvalue weighted by Gasteiger charge is -2.12. The van der Waals surface area contributed by atoms with E-state index in [-0.39, 0.29) is 11.1 Å². The first-order valence-corrected chi connectivity index (χ1v) is 7.15. The summed E-state index contributed by atoms with van der Waals surface area (Å²) in [5.41, 5.74) is 0.911. The minimum atomic E-state index is -2.53. The summed E-state index contributed by atoms with van der Waals surface area (Å²) in [7, 11) is 1.45. The standard InChI is InChI=1S/C13H12ClF2N7O/c1-24-9-7(2-3-17-10(9)14)20-11-12-18-4-5-23(12)22-13(21-11)19-6-8(15)16/h2-5,8H,6H2,1H3,(H2,17,19,20,21,22). The number of alkyl halides is 2. The topological polar surface area (TPSA) is 89.3 Å². The molecule has 0 unspecified atom stereocenters. The van der Waals surface area contributed by atoms with Gasteiger partial charge in [-0.25, -0.2) is 23.3 Å². The van der Waals surface area contributed by atoms with E-state index >= 15 is 0 Å². The Morgan fingerprint density at radius 3 is 2.92 bits per heavy atom. The quantitative estimate of drug-likeness (QED) is 0.657. The number of imidazole rings is 1. The van der Waals surface area contributed by atoms with Crippen LogP contribution in [0.2, 0.25) is 5.15 Å². The van der Waals surface area contributed by atoms with Crippen molar-refractivity contribution >= 4 is 34.7 Å². The normalized spacial score (nSPS) is 11.0. The summed E-state index contributed by atoms with van der Waals surface area (Å²) in [6.07, 6.45) is 2.06. The summed E-state index contributed by atoms with van der Waals surface area (Å²) in [4.78, 5) is 12.2. The van der Waals surface area contributed by atoms with Crippen molar-refractivity contribution in [3.8, 4) is 5.75 Å². The van der Waals surface area contributed by atoms with Crippen molar-refractivity contribution in [2.75, 3.05) is 24.3 Å². The van der Waals surface area contributed by atoms with Gasteiger partial charge in [-0.3, -0.25) is 0 Å². The average molecular weight is 356 g/mol. The number of anilines is 3. The van der Waals surface area contributed by atoms with Gasteiger partial charge in [0.15, 0.2) is 22.4 Å². The molecule has 3 aromatic heterocycles. The molecule has 0 radical (unpaired) electrons. The molecule has 0 saturated carbocycles. The van der Waals surface area contributed by atoms with Crippen molar-refractivity contribution in [2.45, 2.75) is 6.43 Å². The van der Waals surface area contributed by atoms with Gasteiger partial charge in [0.25, 0.3) is 6.43 Å². The van der Waals surface area contributed by atoms with Gasteiger partial charge in [-0.1, -0.05) is 11.6 Å². The minimum Gasteiger partial charge on any atom is -0.491 e. The van der Waals surface area contributed by atoms with Crippen molar-refractivity contribution in [3.63, 3.8) is 0 Å². The van der Waals surface area contributed by atoms with Crippen LogP contribution >= 0.6 is 11.6 Å². The number of nitrogens with zero attached hydrogens (tertiary/aromatic N) is 5. The molecule has 0 spiro atoms. The Kier molecular flexibility index (Phi) is 4.56. The summed E-state index contributed by atoms with van der Waals surface area (Å²) in [5, 5.41) is 9.70. The lowest BCUT2D eigenvalue weighted by atomic mass is 10.3. The van der Waals surface area contributed by atoms with E-state index in [1.807, 2.05) is 0 Å². The first kappa shape index (κ1) is 16.1. The number of hydrogen-bond donors (Lipinski definition) is 2. The van der Waals surface area contributed by atoms with Crippen LogP contribution < -0.4 is 15.4 Å². The molecular weight excluding hydrogens is 344 g/mol. The number of halogens is 3. The molecule has 0 aliphatic rings. The van der Waals surface area contributed by atoms with Crippen molar-refractivity contribution in [1.29, 1.82) is 0 Å². The summed E-state index contributed by atoms with van der Waals surface area (Å²) in [6.45, 7) is -0.565. The molecule has 126 valence electrons. The summed E-state index contributed by atoms with van der Waals surface area (Å²) < 4.78 is 31.4. The van der Waals surface area contributed by atoms with Gasteiger partial charge in [0.1, 0.15) is 0 Å². The Morgan fingerprint density at radius 2 is 2.17 bits per heavy atom. The third-order valence-electron chi connectivity index (χ3n) is 2.99. The molecule has 0 saturated heterocycles. The number of hydrogen-bond acceptors (Lipinski definition) is 7. The fourth-order valence-electron chi connectivity index (χ4n) is 2.00. The highest BCUT2D eigenvalue weighted by Gasteiger charge is 2.14. The van der Waals surface area contributed by atoms with Gasteiger partial charge in [-0.15, -0.1) is 5.10 Å². The number of methoxy groups -OCH3 is 1. The van der Waals surface area contributed by atoms with Crippen molar-refractivity contribution in [1.82, 2.24) is 24.6 Å². The van der Waals surface area contributed by atoms with Crippen molar-refractivity contribution < 1.29 is 13.5 Å². The number of ether oxygens (including phenoxy) is 1. The Labute approximate surface area is 139 Å². The van der Waals surface area contributed by atoms with Gasteiger partial charge in [-0.05, 0) is 6.07 Å². The number of pyridine rings is 1. The second-order valence-electron chi connectivity index (χ2n) is 4.56. The number of aromatic nitrogens is 5. The largest absolute Gasteiger partial charge is 0.491 e. The van der Waals surface area contributed by atoms with Crippen LogP contribution in [0.25, 0.3) is 5.65 Å². The number of rotatable bonds is 6.